The molecule has 0 radical (unpaired) electrons. The molecule has 0 bridgehead atoms. The van der Waals surface area contributed by atoms with Crippen LogP contribution in [0.1, 0.15) is 23.0 Å². The first-order valence-corrected chi connectivity index (χ1v) is 8.18. The van der Waals surface area contributed by atoms with Crippen LogP contribution in [-0.4, -0.2) is 22.4 Å². The second kappa shape index (κ2) is 7.90. The number of para-hydroxylation sites is 1. The Morgan fingerprint density at radius 1 is 1.15 bits per heavy atom. The van der Waals surface area contributed by atoms with Gasteiger partial charge in [0, 0.05) is 24.1 Å². The first kappa shape index (κ1) is 17.1. The summed E-state index contributed by atoms with van der Waals surface area (Å²) >= 11 is 0. The highest BCUT2D eigenvalue weighted by molar-refractivity contribution is 6.04. The normalized spacial score (nSPS) is 10.0. The summed E-state index contributed by atoms with van der Waals surface area (Å²) in [5.41, 5.74) is 2.33. The highest BCUT2D eigenvalue weighted by atomic mass is 16.2. The van der Waals surface area contributed by atoms with Gasteiger partial charge in [0.05, 0.1) is 11.6 Å². The van der Waals surface area contributed by atoms with Crippen molar-refractivity contribution in [3.05, 3.63) is 78.1 Å². The van der Waals surface area contributed by atoms with E-state index in [1.165, 1.54) is 6.20 Å². The van der Waals surface area contributed by atoms with Gasteiger partial charge in [-0.25, -0.2) is 9.97 Å². The molecular weight excluding hydrogens is 326 g/mol. The molecule has 0 fully saturated rings. The zero-order valence-corrected chi connectivity index (χ0v) is 14.3. The van der Waals surface area contributed by atoms with Crippen molar-refractivity contribution in [2.75, 3.05) is 16.8 Å². The van der Waals surface area contributed by atoms with Crippen LogP contribution in [0.4, 0.5) is 17.3 Å². The number of carbonyl (C=O) groups is 1. The SMILES string of the molecule is CCN(C(=O)c1ccnc(Nc2cccc(C#N)c2)n1)c1ccccc1. The highest BCUT2D eigenvalue weighted by Gasteiger charge is 2.18. The Hall–Kier alpha value is -3.72. The number of aromatic nitrogens is 2. The molecule has 0 spiro atoms. The number of nitrogens with zero attached hydrogens (tertiary/aromatic N) is 4. The molecule has 0 aliphatic rings. The van der Waals surface area contributed by atoms with Gasteiger partial charge in [0.25, 0.3) is 5.91 Å². The molecule has 0 unspecified atom stereocenters. The molecule has 1 aromatic heterocycles. The predicted molar refractivity (Wildman–Crippen MR) is 100 cm³/mol. The Bertz CT molecular complexity index is 950. The highest BCUT2D eigenvalue weighted by Crippen LogP contribution is 2.18. The fraction of sp³-hybridized carbons (Fsp3) is 0.100. The largest absolute Gasteiger partial charge is 0.324 e. The van der Waals surface area contributed by atoms with Gasteiger partial charge in [0.2, 0.25) is 5.95 Å². The number of nitrogens with one attached hydrogen (secondary N) is 1. The first-order valence-electron chi connectivity index (χ1n) is 8.18. The van der Waals surface area contributed by atoms with Crippen molar-refractivity contribution in [3.8, 4) is 6.07 Å². The molecule has 128 valence electrons. The van der Waals surface area contributed by atoms with Gasteiger partial charge in [-0.05, 0) is 43.3 Å². The second-order valence-corrected chi connectivity index (χ2v) is 5.47. The van der Waals surface area contributed by atoms with E-state index in [1.54, 1.807) is 35.2 Å². The van der Waals surface area contributed by atoms with E-state index in [0.717, 1.165) is 5.69 Å². The van der Waals surface area contributed by atoms with Crippen LogP contribution in [0.3, 0.4) is 0 Å². The lowest BCUT2D eigenvalue weighted by Gasteiger charge is -2.20. The maximum absolute atomic E-state index is 12.8. The van der Waals surface area contributed by atoms with E-state index in [2.05, 4.69) is 21.4 Å². The molecule has 3 aromatic rings. The molecule has 0 atom stereocenters. The molecule has 6 heteroatoms. The van der Waals surface area contributed by atoms with Crippen LogP contribution >= 0.6 is 0 Å². The van der Waals surface area contributed by atoms with E-state index in [9.17, 15) is 4.79 Å². The fourth-order valence-corrected chi connectivity index (χ4v) is 2.52. The Kier molecular flexibility index (Phi) is 5.20. The number of rotatable bonds is 5. The van der Waals surface area contributed by atoms with E-state index in [0.29, 0.717) is 29.4 Å². The summed E-state index contributed by atoms with van der Waals surface area (Å²) in [6.07, 6.45) is 1.54. The summed E-state index contributed by atoms with van der Waals surface area (Å²) in [6.45, 7) is 2.44. The van der Waals surface area contributed by atoms with Gasteiger partial charge in [-0.3, -0.25) is 4.79 Å². The lowest BCUT2D eigenvalue weighted by Crippen LogP contribution is -2.31. The number of anilines is 3. The Morgan fingerprint density at radius 2 is 1.96 bits per heavy atom. The predicted octanol–water partition coefficient (Wildman–Crippen LogP) is 3.76. The molecule has 26 heavy (non-hydrogen) atoms. The Morgan fingerprint density at radius 3 is 2.69 bits per heavy atom. The van der Waals surface area contributed by atoms with Crippen molar-refractivity contribution in [1.29, 1.82) is 5.26 Å². The third kappa shape index (κ3) is 3.84. The van der Waals surface area contributed by atoms with Crippen LogP contribution in [-0.2, 0) is 0 Å². The van der Waals surface area contributed by atoms with E-state index < -0.39 is 0 Å². The summed E-state index contributed by atoms with van der Waals surface area (Å²) in [5.74, 6) is 0.102. The maximum atomic E-state index is 12.8. The summed E-state index contributed by atoms with van der Waals surface area (Å²) in [6, 6.07) is 20.1. The van der Waals surface area contributed by atoms with E-state index in [4.69, 9.17) is 5.26 Å². The van der Waals surface area contributed by atoms with Crippen LogP contribution < -0.4 is 10.2 Å². The lowest BCUT2D eigenvalue weighted by molar-refractivity contribution is 0.0983. The maximum Gasteiger partial charge on any atom is 0.277 e. The third-order valence-electron chi connectivity index (χ3n) is 3.75. The summed E-state index contributed by atoms with van der Waals surface area (Å²) in [7, 11) is 0. The number of hydrogen-bond donors (Lipinski definition) is 1. The second-order valence-electron chi connectivity index (χ2n) is 5.47. The topological polar surface area (TPSA) is 81.9 Å². The number of nitriles is 1. The van der Waals surface area contributed by atoms with Crippen LogP contribution in [0.5, 0.6) is 0 Å². The number of hydrogen-bond acceptors (Lipinski definition) is 5. The van der Waals surface area contributed by atoms with Crippen LogP contribution in [0.25, 0.3) is 0 Å². The van der Waals surface area contributed by atoms with E-state index in [-0.39, 0.29) is 5.91 Å². The molecule has 1 amide bonds. The fourth-order valence-electron chi connectivity index (χ4n) is 2.52. The Labute approximate surface area is 151 Å². The average Bonchev–Trinajstić information content (AvgIpc) is 2.69. The molecule has 2 aromatic carbocycles. The van der Waals surface area contributed by atoms with Gasteiger partial charge >= 0.3 is 0 Å². The van der Waals surface area contributed by atoms with E-state index in [1.807, 2.05) is 37.3 Å². The zero-order valence-electron chi connectivity index (χ0n) is 14.3. The standard InChI is InChI=1S/C20H17N5O/c1-2-25(17-9-4-3-5-10-17)19(26)18-11-12-22-20(24-18)23-16-8-6-7-15(13-16)14-21/h3-13H,2H2,1H3,(H,22,23,24). The molecule has 0 saturated heterocycles. The monoisotopic (exact) mass is 343 g/mol. The first-order chi connectivity index (χ1) is 12.7. The van der Waals surface area contributed by atoms with Crippen molar-refractivity contribution < 1.29 is 4.79 Å². The van der Waals surface area contributed by atoms with Gasteiger partial charge < -0.3 is 10.2 Å². The van der Waals surface area contributed by atoms with Crippen molar-refractivity contribution in [2.24, 2.45) is 0 Å². The molecular formula is C20H17N5O. The summed E-state index contributed by atoms with van der Waals surface area (Å²) in [4.78, 5) is 23.0. The number of carbonyl (C=O) groups excluding carboxylic acids is 1. The van der Waals surface area contributed by atoms with Gasteiger partial charge in [-0.1, -0.05) is 24.3 Å². The lowest BCUT2D eigenvalue weighted by atomic mass is 10.2. The molecule has 6 nitrogen and oxygen atoms in total. The average molecular weight is 343 g/mol. The molecule has 1 heterocycles. The Balaban J connectivity index is 1.84. The quantitative estimate of drug-likeness (QED) is 0.763. The van der Waals surface area contributed by atoms with Crippen molar-refractivity contribution in [1.82, 2.24) is 9.97 Å². The van der Waals surface area contributed by atoms with Crippen molar-refractivity contribution >= 4 is 23.2 Å². The van der Waals surface area contributed by atoms with Crippen LogP contribution in [0.15, 0.2) is 66.9 Å². The number of benzene rings is 2. The minimum absolute atomic E-state index is 0.199. The van der Waals surface area contributed by atoms with E-state index >= 15 is 0 Å². The molecule has 0 aliphatic carbocycles. The smallest absolute Gasteiger partial charge is 0.277 e. The number of amides is 1. The van der Waals surface area contributed by atoms with Crippen LogP contribution in [0.2, 0.25) is 0 Å². The van der Waals surface area contributed by atoms with Gasteiger partial charge in [-0.15, -0.1) is 0 Å². The minimum atomic E-state index is -0.199. The molecule has 0 aliphatic heterocycles. The van der Waals surface area contributed by atoms with Crippen molar-refractivity contribution in [3.63, 3.8) is 0 Å². The van der Waals surface area contributed by atoms with Gasteiger partial charge in [-0.2, -0.15) is 5.26 Å². The molecule has 3 rings (SSSR count). The summed E-state index contributed by atoms with van der Waals surface area (Å²) < 4.78 is 0. The molecule has 0 saturated carbocycles. The molecule has 1 N–H and O–H groups in total. The van der Waals surface area contributed by atoms with Crippen molar-refractivity contribution in [2.45, 2.75) is 6.92 Å². The zero-order chi connectivity index (χ0) is 18.4. The minimum Gasteiger partial charge on any atom is -0.324 e. The van der Waals surface area contributed by atoms with Gasteiger partial charge in [0.1, 0.15) is 5.69 Å². The third-order valence-corrected chi connectivity index (χ3v) is 3.75. The van der Waals surface area contributed by atoms with Crippen LogP contribution in [0, 0.1) is 11.3 Å². The summed E-state index contributed by atoms with van der Waals surface area (Å²) in [5, 5.41) is 12.0. The van der Waals surface area contributed by atoms with Gasteiger partial charge in [0.15, 0.2) is 0 Å².